The lowest BCUT2D eigenvalue weighted by atomic mass is 9.49. The quantitative estimate of drug-likeness (QED) is 0.117. The number of hydrogen-bond acceptors (Lipinski definition) is 7. The Balaban J connectivity index is 1.31. The number of imide groups is 2. The minimum absolute atomic E-state index is 0.0572. The Hall–Kier alpha value is -4.18. The number of carbonyl (C=O) groups is 4. The maximum Gasteiger partial charge on any atom is 0.417 e. The highest BCUT2D eigenvalue weighted by atomic mass is 127. The number of nitrogens with zero attached hydrogens (tertiary/aromatic N) is 3. The molecule has 4 aliphatic rings. The SMILES string of the molecule is O=C1C2CC3C(=CCC4C(=O)N(c5ccc(I)cc5)C(=O)C43)C(c3ccc(O)cc3Cl)C2(c2ccc(Cl)cc2)C(=O)N1Nc1ncc(C(F)(F)F)cc1Cl. The van der Waals surface area contributed by atoms with E-state index in [4.69, 9.17) is 34.8 Å². The highest BCUT2D eigenvalue weighted by molar-refractivity contribution is 14.1. The third-order valence-electron chi connectivity index (χ3n) is 10.9. The first-order chi connectivity index (χ1) is 25.6. The van der Waals surface area contributed by atoms with Gasteiger partial charge in [0.2, 0.25) is 11.8 Å². The van der Waals surface area contributed by atoms with Crippen LogP contribution in [0.2, 0.25) is 15.1 Å². The van der Waals surface area contributed by atoms with E-state index in [1.807, 2.05) is 6.08 Å². The van der Waals surface area contributed by atoms with Crippen molar-refractivity contribution >= 4 is 92.5 Å². The third-order valence-corrected chi connectivity index (χ3v) is 12.5. The van der Waals surface area contributed by atoms with Gasteiger partial charge in [-0.25, -0.2) is 4.98 Å². The summed E-state index contributed by atoms with van der Waals surface area (Å²) in [6, 6.07) is 18.2. The van der Waals surface area contributed by atoms with E-state index < -0.39 is 69.5 Å². The summed E-state index contributed by atoms with van der Waals surface area (Å²) in [6.45, 7) is 0. The molecular weight excluding hydrogens is 883 g/mol. The summed E-state index contributed by atoms with van der Waals surface area (Å²) in [5, 5.41) is 11.0. The fraction of sp³-hybridized carbons (Fsp3) is 0.237. The smallest absolute Gasteiger partial charge is 0.417 e. The summed E-state index contributed by atoms with van der Waals surface area (Å²) < 4.78 is 41.3. The van der Waals surface area contributed by atoms with Gasteiger partial charge in [-0.3, -0.25) is 29.5 Å². The second-order valence-corrected chi connectivity index (χ2v) is 16.1. The number of alkyl halides is 3. The van der Waals surface area contributed by atoms with E-state index >= 15 is 4.79 Å². The molecule has 2 N–H and O–H groups in total. The van der Waals surface area contributed by atoms with Crippen LogP contribution < -0.4 is 10.3 Å². The number of nitrogens with one attached hydrogen (secondary N) is 1. The average molecular weight is 908 g/mol. The van der Waals surface area contributed by atoms with Crippen molar-refractivity contribution in [3.63, 3.8) is 0 Å². The van der Waals surface area contributed by atoms with Gasteiger partial charge in [0.15, 0.2) is 5.82 Å². The molecule has 8 rings (SSSR count). The van der Waals surface area contributed by atoms with E-state index in [9.17, 15) is 32.7 Å². The van der Waals surface area contributed by atoms with Gasteiger partial charge in [-0.2, -0.15) is 18.2 Å². The highest BCUT2D eigenvalue weighted by Crippen LogP contribution is 2.65. The van der Waals surface area contributed by atoms with Gasteiger partial charge >= 0.3 is 6.18 Å². The Morgan fingerprint density at radius 3 is 2.22 bits per heavy atom. The van der Waals surface area contributed by atoms with Gasteiger partial charge in [0, 0.05) is 25.7 Å². The Labute approximate surface area is 334 Å². The summed E-state index contributed by atoms with van der Waals surface area (Å²) in [4.78, 5) is 63.4. The minimum atomic E-state index is -4.76. The molecule has 2 aliphatic heterocycles. The van der Waals surface area contributed by atoms with Crippen LogP contribution in [0.15, 0.2) is 90.6 Å². The number of benzene rings is 3. The Bertz CT molecular complexity index is 2310. The molecule has 1 aromatic heterocycles. The zero-order valence-corrected chi connectivity index (χ0v) is 31.9. The molecule has 3 fully saturated rings. The lowest BCUT2D eigenvalue weighted by Gasteiger charge is -2.50. The fourth-order valence-electron chi connectivity index (χ4n) is 8.72. The number of hydrazine groups is 1. The van der Waals surface area contributed by atoms with Crippen molar-refractivity contribution in [1.29, 1.82) is 0 Å². The van der Waals surface area contributed by atoms with Crippen molar-refractivity contribution in [2.75, 3.05) is 10.3 Å². The van der Waals surface area contributed by atoms with Gasteiger partial charge < -0.3 is 5.11 Å². The van der Waals surface area contributed by atoms with Gasteiger partial charge in [-0.15, -0.1) is 0 Å². The first-order valence-corrected chi connectivity index (χ1v) is 18.8. The van der Waals surface area contributed by atoms with Crippen LogP contribution in [0.5, 0.6) is 5.75 Å². The molecule has 2 saturated heterocycles. The van der Waals surface area contributed by atoms with Crippen molar-refractivity contribution in [2.24, 2.45) is 23.7 Å². The molecule has 1 saturated carbocycles. The van der Waals surface area contributed by atoms with Crippen LogP contribution in [-0.2, 0) is 30.8 Å². The number of amides is 4. The van der Waals surface area contributed by atoms with Crippen LogP contribution in [0, 0.1) is 27.2 Å². The lowest BCUT2D eigenvalue weighted by molar-refractivity contribution is -0.139. The molecule has 0 radical (unpaired) electrons. The molecule has 2 aliphatic carbocycles. The monoisotopic (exact) mass is 906 g/mol. The zero-order chi connectivity index (χ0) is 38.4. The van der Waals surface area contributed by atoms with E-state index in [1.165, 1.54) is 17.0 Å². The molecule has 54 heavy (non-hydrogen) atoms. The average Bonchev–Trinajstić information content (AvgIpc) is 3.50. The van der Waals surface area contributed by atoms with Gasteiger partial charge in [0.25, 0.3) is 11.8 Å². The minimum Gasteiger partial charge on any atom is -0.508 e. The number of rotatable bonds is 5. The van der Waals surface area contributed by atoms with Gasteiger partial charge in [-0.1, -0.05) is 64.7 Å². The number of allylic oxidation sites excluding steroid dienone is 2. The number of aromatic nitrogens is 1. The van der Waals surface area contributed by atoms with E-state index in [-0.39, 0.29) is 35.3 Å². The summed E-state index contributed by atoms with van der Waals surface area (Å²) in [7, 11) is 0. The molecule has 16 heteroatoms. The fourth-order valence-corrected chi connectivity index (χ4v) is 9.70. The summed E-state index contributed by atoms with van der Waals surface area (Å²) in [5.41, 5.74) is 1.44. The summed E-state index contributed by atoms with van der Waals surface area (Å²) in [6.07, 6.45) is -2.28. The molecule has 3 aromatic carbocycles. The Morgan fingerprint density at radius 1 is 0.870 bits per heavy atom. The van der Waals surface area contributed by atoms with Crippen molar-refractivity contribution < 1.29 is 37.5 Å². The molecule has 3 heterocycles. The molecule has 4 aromatic rings. The molecule has 0 spiro atoms. The van der Waals surface area contributed by atoms with E-state index in [0.29, 0.717) is 44.7 Å². The molecule has 9 nitrogen and oxygen atoms in total. The number of pyridine rings is 1. The number of halogens is 7. The molecule has 6 atom stereocenters. The highest BCUT2D eigenvalue weighted by Gasteiger charge is 2.70. The first kappa shape index (κ1) is 36.8. The Morgan fingerprint density at radius 2 is 1.57 bits per heavy atom. The van der Waals surface area contributed by atoms with Crippen LogP contribution in [0.25, 0.3) is 0 Å². The van der Waals surface area contributed by atoms with E-state index in [2.05, 4.69) is 33.0 Å². The summed E-state index contributed by atoms with van der Waals surface area (Å²) in [5.74, 6) is -7.52. The topological polar surface area (TPSA) is 120 Å². The predicted octanol–water partition coefficient (Wildman–Crippen LogP) is 8.56. The van der Waals surface area contributed by atoms with Gasteiger partial charge in [0.1, 0.15) is 5.75 Å². The maximum absolute atomic E-state index is 15.3. The normalized spacial score (nSPS) is 26.4. The van der Waals surface area contributed by atoms with Crippen molar-refractivity contribution in [1.82, 2.24) is 9.99 Å². The van der Waals surface area contributed by atoms with Crippen molar-refractivity contribution in [3.05, 3.63) is 126 Å². The number of phenols is 1. The van der Waals surface area contributed by atoms with Crippen molar-refractivity contribution in [2.45, 2.75) is 30.4 Å². The standard InChI is InChI=1S/C38H25Cl3F3IN4O5/c39-19-3-1-17(2-4-19)37-27(34(52)49(36(37)54)47-32-29(41)13-18(16-46-32)38(42,43)44)15-26-23(31(37)24-10-9-22(50)14-28(24)40)11-12-25-30(26)35(53)48(33(25)51)21-7-5-20(45)6-8-21/h1-11,13-14,16,25-27,30-31,50H,12,15H2,(H,46,47). The molecule has 6 unspecified atom stereocenters. The van der Waals surface area contributed by atoms with Gasteiger partial charge in [0.05, 0.1) is 39.4 Å². The predicted molar refractivity (Wildman–Crippen MR) is 202 cm³/mol. The number of carbonyl (C=O) groups excluding carboxylic acids is 4. The van der Waals surface area contributed by atoms with Crippen LogP contribution in [0.3, 0.4) is 0 Å². The number of hydrogen-bond donors (Lipinski definition) is 2. The lowest BCUT2D eigenvalue weighted by Crippen LogP contribution is -2.53. The van der Waals surface area contributed by atoms with Crippen LogP contribution in [0.4, 0.5) is 24.7 Å². The van der Waals surface area contributed by atoms with E-state index in [0.717, 1.165) is 3.57 Å². The third kappa shape index (κ3) is 5.60. The second-order valence-electron chi connectivity index (χ2n) is 13.6. The van der Waals surface area contributed by atoms with Crippen LogP contribution in [-0.4, -0.2) is 38.7 Å². The van der Waals surface area contributed by atoms with Crippen LogP contribution >= 0.6 is 57.4 Å². The van der Waals surface area contributed by atoms with Crippen LogP contribution in [0.1, 0.15) is 35.4 Å². The largest absolute Gasteiger partial charge is 0.508 e. The van der Waals surface area contributed by atoms with E-state index in [1.54, 1.807) is 54.6 Å². The molecule has 4 amide bonds. The summed E-state index contributed by atoms with van der Waals surface area (Å²) >= 11 is 21.6. The number of phenolic OH excluding ortho intramolecular Hbond substituents is 1. The number of aromatic hydroxyl groups is 1. The first-order valence-electron chi connectivity index (χ1n) is 16.6. The van der Waals surface area contributed by atoms with Crippen molar-refractivity contribution in [3.8, 4) is 5.75 Å². The maximum atomic E-state index is 15.3. The number of fused-ring (bicyclic) bond motifs is 4. The Kier molecular flexibility index (Phi) is 9.02. The molecule has 0 bridgehead atoms. The molecule has 276 valence electrons. The number of anilines is 2. The van der Waals surface area contributed by atoms with Gasteiger partial charge in [-0.05, 0) is 107 Å². The second kappa shape index (κ2) is 13.2. The molecular formula is C38H25Cl3F3IN4O5. The zero-order valence-electron chi connectivity index (χ0n) is 27.5.